The molecule has 1 N–H and O–H groups in total. The van der Waals surface area contributed by atoms with Crippen LogP contribution in [0.25, 0.3) is 0 Å². The number of carbonyl (C=O) groups is 1. The molecule has 0 aromatic rings. The van der Waals surface area contributed by atoms with Crippen LogP contribution in [0.15, 0.2) is 0 Å². The van der Waals surface area contributed by atoms with E-state index in [1.54, 1.807) is 0 Å². The largest absolute Gasteiger partial charge is 0.468 e. The number of esters is 1. The summed E-state index contributed by atoms with van der Waals surface area (Å²) in [6.45, 7) is 5.58. The molecule has 0 amide bonds. The lowest BCUT2D eigenvalue weighted by Gasteiger charge is -2.43. The SMILES string of the molecule is COC(=O)C1(NC2CC2)CCCC(N(C)CC(C)C)C1. The van der Waals surface area contributed by atoms with E-state index in [-0.39, 0.29) is 5.97 Å². The van der Waals surface area contributed by atoms with E-state index in [2.05, 4.69) is 31.1 Å². The topological polar surface area (TPSA) is 41.6 Å². The lowest BCUT2D eigenvalue weighted by atomic mass is 9.78. The van der Waals surface area contributed by atoms with Crippen molar-refractivity contribution in [2.75, 3.05) is 20.7 Å². The van der Waals surface area contributed by atoms with Crippen LogP contribution in [0, 0.1) is 5.92 Å². The summed E-state index contributed by atoms with van der Waals surface area (Å²) in [5, 5.41) is 3.59. The standard InChI is InChI=1S/C16H30N2O2/c1-12(2)11-18(3)14-6-5-9-16(10-14,15(19)20-4)17-13-7-8-13/h12-14,17H,5-11H2,1-4H3. The Kier molecular flexibility index (Phi) is 5.08. The molecule has 4 heteroatoms. The molecule has 0 aromatic carbocycles. The third-order valence-electron chi connectivity index (χ3n) is 4.64. The average Bonchev–Trinajstić information content (AvgIpc) is 3.21. The number of ether oxygens (including phenoxy) is 1. The quantitative estimate of drug-likeness (QED) is 0.758. The molecule has 2 atom stereocenters. The number of nitrogens with one attached hydrogen (secondary N) is 1. The predicted molar refractivity (Wildman–Crippen MR) is 80.6 cm³/mol. The molecular formula is C16H30N2O2. The Labute approximate surface area is 123 Å². The highest BCUT2D eigenvalue weighted by Crippen LogP contribution is 2.35. The Bertz CT molecular complexity index is 341. The number of rotatable bonds is 6. The average molecular weight is 282 g/mol. The van der Waals surface area contributed by atoms with E-state index >= 15 is 0 Å². The summed E-state index contributed by atoms with van der Waals surface area (Å²) in [6.07, 6.45) is 6.49. The van der Waals surface area contributed by atoms with Gasteiger partial charge in [-0.1, -0.05) is 13.8 Å². The van der Waals surface area contributed by atoms with E-state index in [1.807, 2.05) is 0 Å². The van der Waals surface area contributed by atoms with Crippen LogP contribution < -0.4 is 5.32 Å². The van der Waals surface area contributed by atoms with Crippen LogP contribution in [0.1, 0.15) is 52.4 Å². The van der Waals surface area contributed by atoms with Gasteiger partial charge in [-0.15, -0.1) is 0 Å². The molecule has 0 heterocycles. The second-order valence-corrected chi connectivity index (χ2v) is 7.08. The summed E-state index contributed by atoms with van der Waals surface area (Å²) in [6, 6.07) is 1.01. The van der Waals surface area contributed by atoms with Crippen molar-refractivity contribution in [3.63, 3.8) is 0 Å². The molecule has 4 nitrogen and oxygen atoms in total. The van der Waals surface area contributed by atoms with Gasteiger partial charge in [0, 0.05) is 18.6 Å². The van der Waals surface area contributed by atoms with Crippen molar-refractivity contribution in [3.05, 3.63) is 0 Å². The number of hydrogen-bond acceptors (Lipinski definition) is 4. The molecule has 2 unspecified atom stereocenters. The lowest BCUT2D eigenvalue weighted by Crippen LogP contribution is -2.59. The molecular weight excluding hydrogens is 252 g/mol. The fraction of sp³-hybridized carbons (Fsp3) is 0.938. The first-order valence-electron chi connectivity index (χ1n) is 8.03. The zero-order chi connectivity index (χ0) is 14.8. The van der Waals surface area contributed by atoms with Crippen molar-refractivity contribution in [1.82, 2.24) is 10.2 Å². The molecule has 0 bridgehead atoms. The zero-order valence-corrected chi connectivity index (χ0v) is 13.4. The van der Waals surface area contributed by atoms with E-state index < -0.39 is 5.54 Å². The van der Waals surface area contributed by atoms with E-state index in [4.69, 9.17) is 4.74 Å². The molecule has 0 radical (unpaired) electrons. The summed E-state index contributed by atoms with van der Waals surface area (Å²) in [4.78, 5) is 14.8. The van der Waals surface area contributed by atoms with Gasteiger partial charge < -0.3 is 9.64 Å². The van der Waals surface area contributed by atoms with Crippen molar-refractivity contribution in [2.24, 2.45) is 5.92 Å². The van der Waals surface area contributed by atoms with Crippen molar-refractivity contribution >= 4 is 5.97 Å². The third-order valence-corrected chi connectivity index (χ3v) is 4.64. The molecule has 2 aliphatic carbocycles. The van der Waals surface area contributed by atoms with Gasteiger partial charge in [0.15, 0.2) is 0 Å². The van der Waals surface area contributed by atoms with Crippen LogP contribution in [-0.2, 0) is 9.53 Å². The summed E-state index contributed by atoms with van der Waals surface area (Å²) in [5.74, 6) is 0.595. The molecule has 0 aliphatic heterocycles. The Hall–Kier alpha value is -0.610. The maximum absolute atomic E-state index is 12.3. The van der Waals surface area contributed by atoms with Crippen LogP contribution in [0.4, 0.5) is 0 Å². The fourth-order valence-corrected chi connectivity index (χ4v) is 3.54. The van der Waals surface area contributed by atoms with E-state index in [9.17, 15) is 4.79 Å². The molecule has 116 valence electrons. The van der Waals surface area contributed by atoms with E-state index in [0.717, 1.165) is 25.8 Å². The first-order valence-corrected chi connectivity index (χ1v) is 8.03. The van der Waals surface area contributed by atoms with Crippen LogP contribution in [-0.4, -0.2) is 49.2 Å². The van der Waals surface area contributed by atoms with Crippen molar-refractivity contribution < 1.29 is 9.53 Å². The minimum atomic E-state index is -0.440. The maximum Gasteiger partial charge on any atom is 0.326 e. The summed E-state index contributed by atoms with van der Waals surface area (Å²) >= 11 is 0. The third kappa shape index (κ3) is 3.73. The summed E-state index contributed by atoms with van der Waals surface area (Å²) in [5.41, 5.74) is -0.440. The molecule has 2 rings (SSSR count). The first kappa shape index (κ1) is 15.8. The van der Waals surface area contributed by atoms with E-state index in [0.29, 0.717) is 18.0 Å². The molecule has 2 saturated carbocycles. The number of carbonyl (C=O) groups excluding carboxylic acids is 1. The number of nitrogens with zero attached hydrogens (tertiary/aromatic N) is 1. The molecule has 2 aliphatic rings. The van der Waals surface area contributed by atoms with Gasteiger partial charge in [0.2, 0.25) is 0 Å². The predicted octanol–water partition coefficient (Wildman–Crippen LogP) is 2.18. The molecule has 2 fully saturated rings. The second-order valence-electron chi connectivity index (χ2n) is 7.08. The van der Waals surface area contributed by atoms with Gasteiger partial charge in [-0.25, -0.2) is 0 Å². The Balaban J connectivity index is 2.05. The Morgan fingerprint density at radius 1 is 1.40 bits per heavy atom. The highest BCUT2D eigenvalue weighted by Gasteiger charge is 2.47. The van der Waals surface area contributed by atoms with Gasteiger partial charge in [0.05, 0.1) is 7.11 Å². The fourth-order valence-electron chi connectivity index (χ4n) is 3.54. The van der Waals surface area contributed by atoms with Crippen molar-refractivity contribution in [1.29, 1.82) is 0 Å². The monoisotopic (exact) mass is 282 g/mol. The maximum atomic E-state index is 12.3. The normalized spacial score (nSPS) is 30.8. The van der Waals surface area contributed by atoms with Gasteiger partial charge in [-0.05, 0) is 51.5 Å². The van der Waals surface area contributed by atoms with E-state index in [1.165, 1.54) is 26.4 Å². The highest BCUT2D eigenvalue weighted by molar-refractivity contribution is 5.81. The van der Waals surface area contributed by atoms with Crippen LogP contribution in [0.5, 0.6) is 0 Å². The van der Waals surface area contributed by atoms with Gasteiger partial charge in [0.1, 0.15) is 5.54 Å². The zero-order valence-electron chi connectivity index (χ0n) is 13.4. The van der Waals surface area contributed by atoms with Crippen molar-refractivity contribution in [2.45, 2.75) is 70.0 Å². The molecule has 0 spiro atoms. The van der Waals surface area contributed by atoms with Crippen LogP contribution in [0.3, 0.4) is 0 Å². The molecule has 0 aromatic heterocycles. The summed E-state index contributed by atoms with van der Waals surface area (Å²) in [7, 11) is 3.70. The van der Waals surface area contributed by atoms with Crippen molar-refractivity contribution in [3.8, 4) is 0 Å². The van der Waals surface area contributed by atoms with Gasteiger partial charge in [-0.2, -0.15) is 0 Å². The Morgan fingerprint density at radius 2 is 2.10 bits per heavy atom. The van der Waals surface area contributed by atoms with Gasteiger partial charge in [-0.3, -0.25) is 10.1 Å². The minimum Gasteiger partial charge on any atom is -0.468 e. The van der Waals surface area contributed by atoms with Gasteiger partial charge in [0.25, 0.3) is 0 Å². The first-order chi connectivity index (χ1) is 9.47. The molecule has 0 saturated heterocycles. The van der Waals surface area contributed by atoms with Crippen LogP contribution in [0.2, 0.25) is 0 Å². The van der Waals surface area contributed by atoms with Crippen LogP contribution >= 0.6 is 0 Å². The minimum absolute atomic E-state index is 0.0629. The Morgan fingerprint density at radius 3 is 2.65 bits per heavy atom. The van der Waals surface area contributed by atoms with Gasteiger partial charge >= 0.3 is 5.97 Å². The molecule has 20 heavy (non-hydrogen) atoms. The summed E-state index contributed by atoms with van der Waals surface area (Å²) < 4.78 is 5.11. The second kappa shape index (κ2) is 6.44. The smallest absolute Gasteiger partial charge is 0.326 e. The lowest BCUT2D eigenvalue weighted by molar-refractivity contribution is -0.151. The number of hydrogen-bond donors (Lipinski definition) is 1. The highest BCUT2D eigenvalue weighted by atomic mass is 16.5. The number of methoxy groups -OCH3 is 1.